The number of nitrogens with one attached hydrogen (secondary N) is 2. The molecule has 0 fully saturated rings. The third-order valence-electron chi connectivity index (χ3n) is 2.80. The molecule has 0 aliphatic heterocycles. The number of hydrogen-bond donors (Lipinski definition) is 2. The highest BCUT2D eigenvalue weighted by Gasteiger charge is 1.98. The highest BCUT2D eigenvalue weighted by Crippen LogP contribution is 1.92. The fraction of sp³-hybridized carbons (Fsp3) is 0.357. The van der Waals surface area contributed by atoms with E-state index in [-0.39, 0.29) is 0 Å². The molecule has 0 aliphatic carbocycles. The predicted molar refractivity (Wildman–Crippen MR) is 79.3 cm³/mol. The number of aliphatic imine (C=N–C) groups is 1. The van der Waals surface area contributed by atoms with Crippen molar-refractivity contribution in [2.24, 2.45) is 4.99 Å². The van der Waals surface area contributed by atoms with Gasteiger partial charge in [0.2, 0.25) is 0 Å². The van der Waals surface area contributed by atoms with E-state index in [4.69, 9.17) is 0 Å². The molecule has 0 bridgehead atoms. The maximum absolute atomic E-state index is 4.26. The zero-order chi connectivity index (χ0) is 14.0. The molecule has 0 atom stereocenters. The van der Waals surface area contributed by atoms with Crippen LogP contribution in [0, 0.1) is 0 Å². The molecule has 0 saturated carbocycles. The zero-order valence-corrected chi connectivity index (χ0v) is 11.7. The lowest BCUT2D eigenvalue weighted by molar-refractivity contribution is 0.570. The Balaban J connectivity index is 1.65. The van der Waals surface area contributed by atoms with Crippen molar-refractivity contribution in [1.29, 1.82) is 0 Å². The highest BCUT2D eigenvalue weighted by atomic mass is 15.3. The van der Waals surface area contributed by atoms with Crippen LogP contribution < -0.4 is 10.6 Å². The minimum absolute atomic E-state index is 0.666. The van der Waals surface area contributed by atoms with Gasteiger partial charge in [0.25, 0.3) is 0 Å². The van der Waals surface area contributed by atoms with Gasteiger partial charge in [-0.15, -0.1) is 0 Å². The minimum Gasteiger partial charge on any atom is -0.356 e. The standard InChI is InChI=1S/C14H20N6/c1-15-14(18-12-13-6-2-3-7-16-13)17-8-4-10-20-11-5-9-19-20/h2-3,5-7,9,11H,4,8,10,12H2,1H3,(H2,15,17,18). The van der Waals surface area contributed by atoms with E-state index in [0.29, 0.717) is 6.54 Å². The summed E-state index contributed by atoms with van der Waals surface area (Å²) in [5.74, 6) is 0.788. The molecule has 0 spiro atoms. The molecular weight excluding hydrogens is 252 g/mol. The van der Waals surface area contributed by atoms with E-state index in [2.05, 4.69) is 25.7 Å². The number of hydrogen-bond acceptors (Lipinski definition) is 3. The molecule has 2 heterocycles. The Hall–Kier alpha value is -2.37. The number of aromatic nitrogens is 3. The first-order valence-corrected chi connectivity index (χ1v) is 6.70. The van der Waals surface area contributed by atoms with Crippen molar-refractivity contribution in [2.75, 3.05) is 13.6 Å². The van der Waals surface area contributed by atoms with Crippen LogP contribution in [0.1, 0.15) is 12.1 Å². The molecule has 2 rings (SSSR count). The summed E-state index contributed by atoms with van der Waals surface area (Å²) in [4.78, 5) is 8.44. The van der Waals surface area contributed by atoms with Crippen LogP contribution in [0.4, 0.5) is 0 Å². The lowest BCUT2D eigenvalue weighted by Crippen LogP contribution is -2.37. The first-order chi connectivity index (χ1) is 9.88. The van der Waals surface area contributed by atoms with E-state index in [1.807, 2.05) is 35.1 Å². The van der Waals surface area contributed by atoms with Gasteiger partial charge in [0.15, 0.2) is 5.96 Å². The van der Waals surface area contributed by atoms with Crippen molar-refractivity contribution >= 4 is 5.96 Å². The number of aryl methyl sites for hydroxylation is 1. The second-order valence-electron chi connectivity index (χ2n) is 4.30. The van der Waals surface area contributed by atoms with Crippen LogP contribution in [-0.4, -0.2) is 34.3 Å². The van der Waals surface area contributed by atoms with Gasteiger partial charge in [0.1, 0.15) is 0 Å². The quantitative estimate of drug-likeness (QED) is 0.468. The summed E-state index contributed by atoms with van der Waals surface area (Å²) in [7, 11) is 1.77. The summed E-state index contributed by atoms with van der Waals surface area (Å²) in [5, 5.41) is 10.7. The maximum atomic E-state index is 4.26. The molecule has 2 aromatic rings. The second-order valence-corrected chi connectivity index (χ2v) is 4.30. The van der Waals surface area contributed by atoms with Crippen molar-refractivity contribution in [2.45, 2.75) is 19.5 Å². The van der Waals surface area contributed by atoms with Crippen LogP contribution in [0.5, 0.6) is 0 Å². The Labute approximate surface area is 119 Å². The van der Waals surface area contributed by atoms with Crippen molar-refractivity contribution in [3.8, 4) is 0 Å². The summed E-state index contributed by atoms with van der Waals surface area (Å²) >= 11 is 0. The monoisotopic (exact) mass is 272 g/mol. The van der Waals surface area contributed by atoms with Crippen LogP contribution in [0.25, 0.3) is 0 Å². The van der Waals surface area contributed by atoms with Crippen molar-refractivity contribution in [3.05, 3.63) is 48.5 Å². The molecular formula is C14H20N6. The van der Waals surface area contributed by atoms with E-state index in [0.717, 1.165) is 31.2 Å². The Kier molecular flexibility index (Phi) is 5.57. The predicted octanol–water partition coefficient (Wildman–Crippen LogP) is 1.03. The molecule has 6 heteroatoms. The van der Waals surface area contributed by atoms with Crippen LogP contribution >= 0.6 is 0 Å². The minimum atomic E-state index is 0.666. The molecule has 0 saturated heterocycles. The Morgan fingerprint density at radius 2 is 2.20 bits per heavy atom. The van der Waals surface area contributed by atoms with Gasteiger partial charge in [0, 0.05) is 38.7 Å². The fourth-order valence-corrected chi connectivity index (χ4v) is 1.78. The lowest BCUT2D eigenvalue weighted by atomic mass is 10.3. The van der Waals surface area contributed by atoms with Gasteiger partial charge in [-0.25, -0.2) is 0 Å². The second kappa shape index (κ2) is 7.93. The molecule has 2 N–H and O–H groups in total. The van der Waals surface area contributed by atoms with E-state index in [1.54, 1.807) is 19.4 Å². The molecule has 20 heavy (non-hydrogen) atoms. The van der Waals surface area contributed by atoms with Crippen molar-refractivity contribution < 1.29 is 0 Å². The summed E-state index contributed by atoms with van der Waals surface area (Å²) in [6, 6.07) is 7.80. The molecule has 2 aromatic heterocycles. The molecule has 0 amide bonds. The molecule has 6 nitrogen and oxygen atoms in total. The third kappa shape index (κ3) is 4.72. The number of guanidine groups is 1. The molecule has 0 aromatic carbocycles. The van der Waals surface area contributed by atoms with Gasteiger partial charge in [-0.3, -0.25) is 14.7 Å². The van der Waals surface area contributed by atoms with Crippen LogP contribution in [0.2, 0.25) is 0 Å². The van der Waals surface area contributed by atoms with E-state index < -0.39 is 0 Å². The number of rotatable bonds is 6. The number of pyridine rings is 1. The smallest absolute Gasteiger partial charge is 0.191 e. The summed E-state index contributed by atoms with van der Waals surface area (Å²) in [5.41, 5.74) is 0.993. The zero-order valence-electron chi connectivity index (χ0n) is 11.7. The van der Waals surface area contributed by atoms with Gasteiger partial charge in [-0.2, -0.15) is 5.10 Å². The highest BCUT2D eigenvalue weighted by molar-refractivity contribution is 5.79. The van der Waals surface area contributed by atoms with Gasteiger partial charge < -0.3 is 10.6 Å². The van der Waals surface area contributed by atoms with Gasteiger partial charge >= 0.3 is 0 Å². The van der Waals surface area contributed by atoms with Gasteiger partial charge in [-0.05, 0) is 24.6 Å². The number of nitrogens with zero attached hydrogens (tertiary/aromatic N) is 4. The van der Waals surface area contributed by atoms with Crippen molar-refractivity contribution in [1.82, 2.24) is 25.4 Å². The summed E-state index contributed by atoms with van der Waals surface area (Å²) < 4.78 is 1.92. The average Bonchev–Trinajstić information content (AvgIpc) is 3.01. The van der Waals surface area contributed by atoms with E-state index in [1.165, 1.54) is 0 Å². The van der Waals surface area contributed by atoms with E-state index in [9.17, 15) is 0 Å². The Bertz CT molecular complexity index is 506. The SMILES string of the molecule is CN=C(NCCCn1cccn1)NCc1ccccn1. The molecule has 0 unspecified atom stereocenters. The fourth-order valence-electron chi connectivity index (χ4n) is 1.78. The summed E-state index contributed by atoms with van der Waals surface area (Å²) in [6.45, 7) is 2.42. The maximum Gasteiger partial charge on any atom is 0.191 e. The van der Waals surface area contributed by atoms with Gasteiger partial charge in [-0.1, -0.05) is 6.07 Å². The first-order valence-electron chi connectivity index (χ1n) is 6.70. The Morgan fingerprint density at radius 3 is 2.90 bits per heavy atom. The van der Waals surface area contributed by atoms with E-state index >= 15 is 0 Å². The molecule has 106 valence electrons. The van der Waals surface area contributed by atoms with Crippen LogP contribution in [0.3, 0.4) is 0 Å². The summed E-state index contributed by atoms with van der Waals surface area (Å²) in [6.07, 6.45) is 6.54. The van der Waals surface area contributed by atoms with Crippen LogP contribution in [-0.2, 0) is 13.1 Å². The molecule has 0 radical (unpaired) electrons. The topological polar surface area (TPSA) is 67.1 Å². The lowest BCUT2D eigenvalue weighted by Gasteiger charge is -2.11. The Morgan fingerprint density at radius 1 is 1.25 bits per heavy atom. The molecule has 0 aliphatic rings. The largest absolute Gasteiger partial charge is 0.356 e. The van der Waals surface area contributed by atoms with Gasteiger partial charge in [0.05, 0.1) is 12.2 Å². The van der Waals surface area contributed by atoms with Crippen molar-refractivity contribution in [3.63, 3.8) is 0 Å². The normalized spacial score (nSPS) is 11.3. The van der Waals surface area contributed by atoms with Crippen LogP contribution in [0.15, 0.2) is 47.8 Å². The first kappa shape index (κ1) is 14.0. The third-order valence-corrected chi connectivity index (χ3v) is 2.80. The average molecular weight is 272 g/mol.